The molecule has 0 saturated heterocycles. The molecule has 0 saturated carbocycles. The molecule has 0 radical (unpaired) electrons. The van der Waals surface area contributed by atoms with Crippen LogP contribution in [-0.2, 0) is 0 Å². The van der Waals surface area contributed by atoms with E-state index in [-0.39, 0.29) is 22.2 Å². The first-order chi connectivity index (χ1) is 10.4. The molecule has 0 spiro atoms. The number of nitrogens with zero attached hydrogens (tertiary/aromatic N) is 2. The van der Waals surface area contributed by atoms with Gasteiger partial charge in [-0.15, -0.1) is 0 Å². The minimum atomic E-state index is -0.505. The van der Waals surface area contributed by atoms with Crippen LogP contribution in [0, 0.1) is 0 Å². The van der Waals surface area contributed by atoms with Crippen molar-refractivity contribution in [2.24, 2.45) is 0 Å². The Morgan fingerprint density at radius 2 is 1.77 bits per heavy atom. The van der Waals surface area contributed by atoms with Gasteiger partial charge in [0.05, 0.1) is 6.07 Å². The summed E-state index contributed by atoms with van der Waals surface area (Å²) >= 11 is 8.06. The van der Waals surface area contributed by atoms with Crippen LogP contribution in [-0.4, -0.2) is 43.8 Å². The quantitative estimate of drug-likeness (QED) is 0.321. The molecule has 0 aromatic carbocycles. The summed E-state index contributed by atoms with van der Waals surface area (Å²) < 4.78 is 0. The lowest BCUT2D eigenvalue weighted by Gasteiger charge is -1.97. The molecule has 118 valence electrons. The number of thioether (sulfide) groups is 2. The molecule has 2 aromatic heterocycles. The number of nitrogens with one attached hydrogen (secondary N) is 2. The predicted molar refractivity (Wildman–Crippen MR) is 85.3 cm³/mol. The fourth-order valence-electron chi connectivity index (χ4n) is 1.15. The van der Waals surface area contributed by atoms with Gasteiger partial charge in [0.25, 0.3) is 11.1 Å². The van der Waals surface area contributed by atoms with E-state index in [9.17, 15) is 14.4 Å². The third-order valence-corrected chi connectivity index (χ3v) is 3.55. The highest BCUT2D eigenvalue weighted by Crippen LogP contribution is 2.11. The standard InChI is InChI=1S/C6H5ClN2O2S.C5H6N2O2S/c1-12-6-8-4(7)3(2-10)5(11)9-6;1-10-5-6-3(8)2-4(9)7-5/h2H,1H3,(H,8,9,11);2H,1H3,(H2,6,7,8,9). The Hall–Kier alpha value is -1.78. The number of hydrogen-bond donors (Lipinski definition) is 3. The Labute approximate surface area is 137 Å². The van der Waals surface area contributed by atoms with Crippen LogP contribution in [0.1, 0.15) is 10.4 Å². The highest BCUT2D eigenvalue weighted by atomic mass is 35.5. The lowest BCUT2D eigenvalue weighted by molar-refractivity contribution is 0.112. The number of aromatic hydroxyl groups is 1. The molecule has 0 amide bonds. The normalized spacial score (nSPS) is 9.77. The second-order valence-electron chi connectivity index (χ2n) is 3.51. The zero-order valence-electron chi connectivity index (χ0n) is 11.4. The van der Waals surface area contributed by atoms with Crippen LogP contribution in [0.25, 0.3) is 0 Å². The first kappa shape index (κ1) is 18.3. The molecule has 0 aliphatic heterocycles. The minimum absolute atomic E-state index is 0.0573. The highest BCUT2D eigenvalue weighted by molar-refractivity contribution is 7.98. The van der Waals surface area contributed by atoms with E-state index in [4.69, 9.17) is 16.7 Å². The van der Waals surface area contributed by atoms with Gasteiger partial charge in [-0.2, -0.15) is 4.98 Å². The average Bonchev–Trinajstić information content (AvgIpc) is 2.46. The molecule has 0 bridgehead atoms. The van der Waals surface area contributed by atoms with Crippen LogP contribution in [0.15, 0.2) is 26.0 Å². The zero-order chi connectivity index (χ0) is 16.7. The van der Waals surface area contributed by atoms with Crippen molar-refractivity contribution in [1.82, 2.24) is 19.9 Å². The molecule has 0 fully saturated rings. The lowest BCUT2D eigenvalue weighted by atomic mass is 10.4. The van der Waals surface area contributed by atoms with E-state index in [0.29, 0.717) is 16.6 Å². The largest absolute Gasteiger partial charge is 0.493 e. The maximum atomic E-state index is 11.0. The lowest BCUT2D eigenvalue weighted by Crippen LogP contribution is -2.14. The maximum absolute atomic E-state index is 11.0. The molecule has 8 nitrogen and oxygen atoms in total. The number of aldehydes is 1. The Balaban J connectivity index is 0.000000224. The van der Waals surface area contributed by atoms with Gasteiger partial charge < -0.3 is 15.1 Å². The Morgan fingerprint density at radius 1 is 1.18 bits per heavy atom. The van der Waals surface area contributed by atoms with Crippen molar-refractivity contribution in [3.05, 3.63) is 37.5 Å². The molecule has 0 atom stereocenters. The molecule has 2 aromatic rings. The molecule has 0 unspecified atom stereocenters. The van der Waals surface area contributed by atoms with Gasteiger partial charge in [-0.1, -0.05) is 35.1 Å². The van der Waals surface area contributed by atoms with Gasteiger partial charge in [-0.05, 0) is 12.5 Å². The number of halogens is 1. The first-order valence-corrected chi connectivity index (χ1v) is 8.37. The number of aromatic nitrogens is 4. The van der Waals surface area contributed by atoms with E-state index in [1.165, 1.54) is 23.5 Å². The van der Waals surface area contributed by atoms with Gasteiger partial charge in [0.2, 0.25) is 5.88 Å². The molecular formula is C11H11ClN4O4S2. The van der Waals surface area contributed by atoms with E-state index in [1.807, 2.05) is 0 Å². The van der Waals surface area contributed by atoms with Crippen LogP contribution in [0.5, 0.6) is 5.88 Å². The summed E-state index contributed by atoms with van der Waals surface area (Å²) in [6.07, 6.45) is 3.89. The third-order valence-electron chi connectivity index (χ3n) is 2.10. The molecule has 11 heteroatoms. The smallest absolute Gasteiger partial charge is 0.263 e. The topological polar surface area (TPSA) is 129 Å². The van der Waals surface area contributed by atoms with E-state index in [2.05, 4.69) is 19.9 Å². The van der Waals surface area contributed by atoms with Crippen molar-refractivity contribution in [3.8, 4) is 5.88 Å². The molecule has 2 rings (SSSR count). The van der Waals surface area contributed by atoms with Crippen LogP contribution in [0.3, 0.4) is 0 Å². The van der Waals surface area contributed by atoms with Crippen LogP contribution >= 0.6 is 35.1 Å². The molecule has 22 heavy (non-hydrogen) atoms. The van der Waals surface area contributed by atoms with Crippen molar-refractivity contribution in [2.45, 2.75) is 10.3 Å². The summed E-state index contributed by atoms with van der Waals surface area (Å²) in [6.45, 7) is 0. The van der Waals surface area contributed by atoms with E-state index >= 15 is 0 Å². The van der Waals surface area contributed by atoms with E-state index in [1.54, 1.807) is 12.5 Å². The van der Waals surface area contributed by atoms with Gasteiger partial charge in [0, 0.05) is 0 Å². The third kappa shape index (κ3) is 5.20. The number of carbonyl (C=O) groups excluding carboxylic acids is 1. The van der Waals surface area contributed by atoms with Crippen molar-refractivity contribution in [1.29, 1.82) is 0 Å². The van der Waals surface area contributed by atoms with Gasteiger partial charge in [0.15, 0.2) is 16.6 Å². The number of hydrogen-bond acceptors (Lipinski definition) is 8. The second kappa shape index (κ2) is 8.61. The number of aromatic amines is 2. The average molecular weight is 363 g/mol. The molecule has 0 aliphatic rings. The van der Waals surface area contributed by atoms with Gasteiger partial charge in [0.1, 0.15) is 10.7 Å². The molecule has 3 N–H and O–H groups in total. The maximum Gasteiger partial charge on any atom is 0.263 e. The SMILES string of the molecule is CSc1nc(Cl)c(C=O)c(=O)[nH]1.CSc1nc(O)cc(=O)[nH]1. The van der Waals surface area contributed by atoms with E-state index < -0.39 is 5.56 Å². The van der Waals surface area contributed by atoms with Crippen LogP contribution in [0.2, 0.25) is 5.15 Å². The molecule has 2 heterocycles. The summed E-state index contributed by atoms with van der Waals surface area (Å²) in [7, 11) is 0. The predicted octanol–water partition coefficient (Wildman–Crippen LogP) is 1.16. The van der Waals surface area contributed by atoms with Crippen molar-refractivity contribution in [3.63, 3.8) is 0 Å². The van der Waals surface area contributed by atoms with Gasteiger partial charge in [-0.25, -0.2) is 4.98 Å². The van der Waals surface area contributed by atoms with Crippen LogP contribution < -0.4 is 11.1 Å². The fraction of sp³-hybridized carbons (Fsp3) is 0.182. The Kier molecular flexibility index (Phi) is 7.15. The number of H-pyrrole nitrogens is 2. The summed E-state index contributed by atoms with van der Waals surface area (Å²) in [5.41, 5.74) is -0.972. The Bertz CT molecular complexity index is 777. The number of carbonyl (C=O) groups is 1. The fourth-order valence-corrected chi connectivity index (χ4v) is 2.18. The first-order valence-electron chi connectivity index (χ1n) is 5.54. The highest BCUT2D eigenvalue weighted by Gasteiger charge is 2.07. The van der Waals surface area contributed by atoms with Crippen molar-refractivity contribution >= 4 is 41.4 Å². The number of rotatable bonds is 3. The monoisotopic (exact) mass is 362 g/mol. The summed E-state index contributed by atoms with van der Waals surface area (Å²) in [6, 6.07) is 1.03. The minimum Gasteiger partial charge on any atom is -0.493 e. The summed E-state index contributed by atoms with van der Waals surface area (Å²) in [5.74, 6) is -0.242. The molecule has 0 aliphatic carbocycles. The van der Waals surface area contributed by atoms with Crippen molar-refractivity contribution in [2.75, 3.05) is 12.5 Å². The second-order valence-corrected chi connectivity index (χ2v) is 5.46. The van der Waals surface area contributed by atoms with Gasteiger partial charge in [-0.3, -0.25) is 14.4 Å². The molecular weight excluding hydrogens is 352 g/mol. The van der Waals surface area contributed by atoms with Gasteiger partial charge >= 0.3 is 0 Å². The summed E-state index contributed by atoms with van der Waals surface area (Å²) in [4.78, 5) is 44.1. The summed E-state index contributed by atoms with van der Waals surface area (Å²) in [5, 5.41) is 9.54. The van der Waals surface area contributed by atoms with Crippen LogP contribution in [0.4, 0.5) is 0 Å². The van der Waals surface area contributed by atoms with Crippen molar-refractivity contribution < 1.29 is 9.90 Å². The zero-order valence-corrected chi connectivity index (χ0v) is 13.8. The van der Waals surface area contributed by atoms with E-state index in [0.717, 1.165) is 6.07 Å². The Morgan fingerprint density at radius 3 is 2.23 bits per heavy atom.